The molecule has 0 aliphatic carbocycles. The van der Waals surface area contributed by atoms with Gasteiger partial charge in [0.25, 0.3) is 0 Å². The highest BCUT2D eigenvalue weighted by Gasteiger charge is 2.23. The second-order valence-corrected chi connectivity index (χ2v) is 5.25. The molecule has 76 valence electrons. The SMILES string of the molecule is N[C@H]1CS[C@@H](c2ccsc2)CNC1=O. The third-order valence-electron chi connectivity index (χ3n) is 2.19. The number of nitrogens with one attached hydrogen (secondary N) is 1. The van der Waals surface area contributed by atoms with E-state index >= 15 is 0 Å². The molecule has 3 N–H and O–H groups in total. The third-order valence-corrected chi connectivity index (χ3v) is 4.28. The van der Waals surface area contributed by atoms with Gasteiger partial charge < -0.3 is 11.1 Å². The van der Waals surface area contributed by atoms with E-state index in [0.29, 0.717) is 17.5 Å². The topological polar surface area (TPSA) is 55.1 Å². The minimum absolute atomic E-state index is 0.0322. The van der Waals surface area contributed by atoms with Crippen molar-refractivity contribution in [2.24, 2.45) is 5.73 Å². The van der Waals surface area contributed by atoms with Gasteiger partial charge in [0.1, 0.15) is 0 Å². The zero-order valence-corrected chi connectivity index (χ0v) is 9.24. The molecule has 1 aromatic rings. The first-order valence-electron chi connectivity index (χ1n) is 4.44. The summed E-state index contributed by atoms with van der Waals surface area (Å²) in [6.45, 7) is 0.688. The van der Waals surface area contributed by atoms with Crippen LogP contribution in [0.15, 0.2) is 16.8 Å². The summed E-state index contributed by atoms with van der Waals surface area (Å²) >= 11 is 3.44. The third kappa shape index (κ3) is 2.10. The predicted molar refractivity (Wildman–Crippen MR) is 60.5 cm³/mol. The minimum atomic E-state index is -0.358. The van der Waals surface area contributed by atoms with Gasteiger partial charge in [-0.15, -0.1) is 11.8 Å². The standard InChI is InChI=1S/C9H12N2OS2/c10-7-5-14-8(3-11-9(7)12)6-1-2-13-4-6/h1-2,4,7-8H,3,5,10H2,(H,11,12)/t7-,8+/m0/s1. The molecule has 0 unspecified atom stereocenters. The van der Waals surface area contributed by atoms with Crippen molar-refractivity contribution in [2.75, 3.05) is 12.3 Å². The molecule has 1 aromatic heterocycles. The first-order valence-corrected chi connectivity index (χ1v) is 6.43. The highest BCUT2D eigenvalue weighted by Crippen LogP contribution is 2.31. The van der Waals surface area contributed by atoms with Crippen LogP contribution in [0, 0.1) is 0 Å². The summed E-state index contributed by atoms with van der Waals surface area (Å²) in [7, 11) is 0. The molecule has 0 saturated carbocycles. The van der Waals surface area contributed by atoms with E-state index in [1.165, 1.54) is 5.56 Å². The van der Waals surface area contributed by atoms with Crippen molar-refractivity contribution in [2.45, 2.75) is 11.3 Å². The maximum Gasteiger partial charge on any atom is 0.237 e. The summed E-state index contributed by atoms with van der Waals surface area (Å²) in [5.74, 6) is 0.669. The summed E-state index contributed by atoms with van der Waals surface area (Å²) in [4.78, 5) is 11.3. The van der Waals surface area contributed by atoms with Crippen molar-refractivity contribution < 1.29 is 4.79 Å². The Bertz CT molecular complexity index is 313. The molecule has 1 aliphatic heterocycles. The Morgan fingerprint density at radius 2 is 2.43 bits per heavy atom. The maximum absolute atomic E-state index is 11.3. The molecule has 1 saturated heterocycles. The lowest BCUT2D eigenvalue weighted by molar-refractivity contribution is -0.121. The van der Waals surface area contributed by atoms with Crippen LogP contribution < -0.4 is 11.1 Å². The monoisotopic (exact) mass is 228 g/mol. The fourth-order valence-electron chi connectivity index (χ4n) is 1.35. The quantitative estimate of drug-likeness (QED) is 0.753. The van der Waals surface area contributed by atoms with Gasteiger partial charge in [0.15, 0.2) is 0 Å². The van der Waals surface area contributed by atoms with E-state index in [9.17, 15) is 4.79 Å². The van der Waals surface area contributed by atoms with Crippen LogP contribution in [-0.4, -0.2) is 24.2 Å². The maximum atomic E-state index is 11.3. The molecule has 2 heterocycles. The summed E-state index contributed by atoms with van der Waals surface area (Å²) in [6.07, 6.45) is 0. The molecule has 1 amide bonds. The lowest BCUT2D eigenvalue weighted by Gasteiger charge is -2.10. The van der Waals surface area contributed by atoms with E-state index in [0.717, 1.165) is 0 Å². The van der Waals surface area contributed by atoms with Crippen molar-refractivity contribution >= 4 is 29.0 Å². The Morgan fingerprint density at radius 3 is 3.14 bits per heavy atom. The van der Waals surface area contributed by atoms with Gasteiger partial charge in [-0.25, -0.2) is 0 Å². The van der Waals surface area contributed by atoms with Crippen LogP contribution >= 0.6 is 23.1 Å². The molecule has 0 bridgehead atoms. The minimum Gasteiger partial charge on any atom is -0.353 e. The fourth-order valence-corrected chi connectivity index (χ4v) is 3.28. The van der Waals surface area contributed by atoms with Crippen LogP contribution in [0.5, 0.6) is 0 Å². The van der Waals surface area contributed by atoms with Crippen molar-refractivity contribution in [3.63, 3.8) is 0 Å². The van der Waals surface area contributed by atoms with Gasteiger partial charge in [-0.05, 0) is 22.4 Å². The molecule has 5 heteroatoms. The molecule has 2 rings (SSSR count). The lowest BCUT2D eigenvalue weighted by Crippen LogP contribution is -2.40. The van der Waals surface area contributed by atoms with Crippen LogP contribution in [0.25, 0.3) is 0 Å². The Morgan fingerprint density at radius 1 is 1.57 bits per heavy atom. The number of thiophene rings is 1. The van der Waals surface area contributed by atoms with Gasteiger partial charge in [-0.3, -0.25) is 4.79 Å². The molecule has 14 heavy (non-hydrogen) atoms. The Kier molecular flexibility index (Phi) is 3.10. The predicted octanol–water partition coefficient (Wildman–Crippen LogP) is 0.979. The molecule has 0 radical (unpaired) electrons. The zero-order valence-electron chi connectivity index (χ0n) is 7.60. The molecule has 1 fully saturated rings. The second-order valence-electron chi connectivity index (χ2n) is 3.23. The molecule has 1 aliphatic rings. The number of thioether (sulfide) groups is 1. The van der Waals surface area contributed by atoms with Crippen LogP contribution in [-0.2, 0) is 4.79 Å². The second kappa shape index (κ2) is 4.33. The van der Waals surface area contributed by atoms with Crippen molar-refractivity contribution in [1.29, 1.82) is 0 Å². The summed E-state index contributed by atoms with van der Waals surface area (Å²) in [6, 6.07) is 1.74. The van der Waals surface area contributed by atoms with Gasteiger partial charge in [0, 0.05) is 17.5 Å². The Hall–Kier alpha value is -0.520. The van der Waals surface area contributed by atoms with E-state index in [1.807, 2.05) is 0 Å². The number of hydrogen-bond acceptors (Lipinski definition) is 4. The molecule has 0 aromatic carbocycles. The number of carbonyl (C=O) groups is 1. The van der Waals surface area contributed by atoms with Gasteiger partial charge in [-0.1, -0.05) is 0 Å². The van der Waals surface area contributed by atoms with Gasteiger partial charge in [0.2, 0.25) is 5.91 Å². The Labute approximate surface area is 91.1 Å². The summed E-state index contributed by atoms with van der Waals surface area (Å²) in [5, 5.41) is 7.40. The van der Waals surface area contributed by atoms with Crippen molar-refractivity contribution in [3.05, 3.63) is 22.4 Å². The van der Waals surface area contributed by atoms with E-state index in [1.54, 1.807) is 23.1 Å². The highest BCUT2D eigenvalue weighted by molar-refractivity contribution is 7.99. The molecular formula is C9H12N2OS2. The average molecular weight is 228 g/mol. The lowest BCUT2D eigenvalue weighted by atomic mass is 10.2. The van der Waals surface area contributed by atoms with Gasteiger partial charge in [0.05, 0.1) is 6.04 Å². The highest BCUT2D eigenvalue weighted by atomic mass is 32.2. The first kappa shape index (κ1) is 10.0. The van der Waals surface area contributed by atoms with Crippen LogP contribution in [0.2, 0.25) is 0 Å². The van der Waals surface area contributed by atoms with Crippen molar-refractivity contribution in [3.8, 4) is 0 Å². The summed E-state index contributed by atoms with van der Waals surface area (Å²) < 4.78 is 0. The number of rotatable bonds is 1. The van der Waals surface area contributed by atoms with Crippen LogP contribution in [0.4, 0.5) is 0 Å². The molecule has 3 nitrogen and oxygen atoms in total. The Balaban J connectivity index is 2.06. The summed E-state index contributed by atoms with van der Waals surface area (Å²) in [5.41, 5.74) is 6.95. The zero-order chi connectivity index (χ0) is 9.97. The number of nitrogens with two attached hydrogens (primary N) is 1. The number of amides is 1. The van der Waals surface area contributed by atoms with Gasteiger partial charge in [-0.2, -0.15) is 11.3 Å². The smallest absolute Gasteiger partial charge is 0.237 e. The fraction of sp³-hybridized carbons (Fsp3) is 0.444. The first-order chi connectivity index (χ1) is 6.77. The normalized spacial score (nSPS) is 28.2. The molecule has 2 atom stereocenters. The van der Waals surface area contributed by atoms with E-state index in [4.69, 9.17) is 5.73 Å². The average Bonchev–Trinajstić information content (AvgIpc) is 2.65. The van der Waals surface area contributed by atoms with E-state index in [-0.39, 0.29) is 11.9 Å². The molecular weight excluding hydrogens is 216 g/mol. The van der Waals surface area contributed by atoms with E-state index in [2.05, 4.69) is 22.1 Å². The number of carbonyl (C=O) groups excluding carboxylic acids is 1. The van der Waals surface area contributed by atoms with Crippen LogP contribution in [0.3, 0.4) is 0 Å². The number of hydrogen-bond donors (Lipinski definition) is 2. The largest absolute Gasteiger partial charge is 0.353 e. The van der Waals surface area contributed by atoms with Gasteiger partial charge >= 0.3 is 0 Å². The molecule has 0 spiro atoms. The van der Waals surface area contributed by atoms with E-state index < -0.39 is 0 Å². The van der Waals surface area contributed by atoms with Crippen molar-refractivity contribution in [1.82, 2.24) is 5.32 Å². The van der Waals surface area contributed by atoms with Crippen LogP contribution in [0.1, 0.15) is 10.8 Å².